The molecule has 234 valence electrons. The maximum atomic E-state index is 6.16. The van der Waals surface area contributed by atoms with Crippen LogP contribution in [0.1, 0.15) is 140 Å². The van der Waals surface area contributed by atoms with Crippen LogP contribution in [0, 0.1) is 0 Å². The Bertz CT molecular complexity index is 1420. The Hall–Kier alpha value is -3.47. The van der Waals surface area contributed by atoms with Crippen molar-refractivity contribution < 1.29 is 9.47 Å². The van der Waals surface area contributed by atoms with Gasteiger partial charge in [0.05, 0.1) is 0 Å². The Kier molecular flexibility index (Phi) is 8.10. The Morgan fingerprint density at radius 2 is 0.818 bits per heavy atom. The SMILES string of the molecule is CC(C)(C)c1cc([C@@H]2COC(c3cccc(C4=N[C@H](c5cc(C(C)(C)C)cc(C(C)(C)C)c5)CO4)n3)=N2)cc(C(C)(C)C)c1. The summed E-state index contributed by atoms with van der Waals surface area (Å²) in [6.07, 6.45) is 0. The van der Waals surface area contributed by atoms with Crippen LogP contribution in [0.5, 0.6) is 0 Å². The van der Waals surface area contributed by atoms with Crippen LogP contribution >= 0.6 is 0 Å². The molecule has 0 fully saturated rings. The van der Waals surface area contributed by atoms with Crippen LogP contribution in [-0.2, 0) is 31.1 Å². The van der Waals surface area contributed by atoms with Gasteiger partial charge in [-0.3, -0.25) is 0 Å². The van der Waals surface area contributed by atoms with Crippen molar-refractivity contribution in [2.45, 2.75) is 117 Å². The van der Waals surface area contributed by atoms with E-state index in [9.17, 15) is 0 Å². The number of pyridine rings is 1. The summed E-state index contributed by atoms with van der Waals surface area (Å²) in [5, 5.41) is 0. The van der Waals surface area contributed by atoms with Crippen molar-refractivity contribution in [3.63, 3.8) is 0 Å². The highest BCUT2D eigenvalue weighted by atomic mass is 16.5. The van der Waals surface area contributed by atoms with Crippen LogP contribution in [-0.4, -0.2) is 30.0 Å². The maximum absolute atomic E-state index is 6.16. The second-order valence-electron chi connectivity index (χ2n) is 16.6. The monoisotopic (exact) mass is 593 g/mol. The summed E-state index contributed by atoms with van der Waals surface area (Å²) < 4.78 is 12.3. The molecule has 0 spiro atoms. The molecule has 0 aliphatic carbocycles. The van der Waals surface area contributed by atoms with Gasteiger partial charge in [0.1, 0.15) is 36.7 Å². The van der Waals surface area contributed by atoms with E-state index >= 15 is 0 Å². The zero-order chi connectivity index (χ0) is 32.2. The molecule has 3 heterocycles. The molecule has 2 aromatic carbocycles. The fourth-order valence-electron chi connectivity index (χ4n) is 5.46. The molecule has 2 aliphatic heterocycles. The van der Waals surface area contributed by atoms with Gasteiger partial charge in [0.25, 0.3) is 0 Å². The van der Waals surface area contributed by atoms with E-state index in [-0.39, 0.29) is 33.7 Å². The van der Waals surface area contributed by atoms with Gasteiger partial charge >= 0.3 is 0 Å². The van der Waals surface area contributed by atoms with Gasteiger partial charge in [-0.05, 0) is 67.2 Å². The van der Waals surface area contributed by atoms with Crippen molar-refractivity contribution in [3.8, 4) is 0 Å². The number of aliphatic imine (C=N–C) groups is 2. The fraction of sp³-hybridized carbons (Fsp3) is 0.513. The van der Waals surface area contributed by atoms with Crippen LogP contribution in [0.2, 0.25) is 0 Å². The number of ether oxygens (including phenoxy) is 2. The number of hydrogen-bond acceptors (Lipinski definition) is 5. The molecule has 0 amide bonds. The molecule has 0 saturated carbocycles. The van der Waals surface area contributed by atoms with E-state index in [1.807, 2.05) is 18.2 Å². The van der Waals surface area contributed by atoms with Gasteiger partial charge in [-0.25, -0.2) is 15.0 Å². The summed E-state index contributed by atoms with van der Waals surface area (Å²) in [4.78, 5) is 15.0. The smallest absolute Gasteiger partial charge is 0.236 e. The van der Waals surface area contributed by atoms with Crippen LogP contribution in [0.25, 0.3) is 0 Å². The van der Waals surface area contributed by atoms with E-state index in [0.29, 0.717) is 36.4 Å². The molecule has 0 bridgehead atoms. The minimum Gasteiger partial charge on any atom is -0.474 e. The highest BCUT2D eigenvalue weighted by molar-refractivity contribution is 5.97. The third-order valence-corrected chi connectivity index (χ3v) is 8.63. The lowest BCUT2D eigenvalue weighted by atomic mass is 9.79. The van der Waals surface area contributed by atoms with Crippen LogP contribution in [0.4, 0.5) is 0 Å². The lowest BCUT2D eigenvalue weighted by Crippen LogP contribution is -2.17. The molecule has 2 aliphatic rings. The Balaban J connectivity index is 1.43. The molecule has 0 N–H and O–H groups in total. The average molecular weight is 594 g/mol. The highest BCUT2D eigenvalue weighted by Gasteiger charge is 2.30. The van der Waals surface area contributed by atoms with Gasteiger partial charge in [0, 0.05) is 0 Å². The van der Waals surface area contributed by atoms with Gasteiger partial charge in [0.15, 0.2) is 0 Å². The Labute approximate surface area is 265 Å². The van der Waals surface area contributed by atoms with Crippen LogP contribution < -0.4 is 0 Å². The van der Waals surface area contributed by atoms with Gasteiger partial charge in [0.2, 0.25) is 11.8 Å². The molecule has 5 rings (SSSR count). The van der Waals surface area contributed by atoms with Crippen molar-refractivity contribution in [1.29, 1.82) is 0 Å². The van der Waals surface area contributed by atoms with Crippen molar-refractivity contribution in [3.05, 3.63) is 99.4 Å². The first-order valence-electron chi connectivity index (χ1n) is 16.0. The van der Waals surface area contributed by atoms with Crippen molar-refractivity contribution in [1.82, 2.24) is 4.98 Å². The average Bonchev–Trinajstić information content (AvgIpc) is 3.62. The van der Waals surface area contributed by atoms with Crippen molar-refractivity contribution >= 4 is 11.8 Å². The predicted molar refractivity (Wildman–Crippen MR) is 182 cm³/mol. The largest absolute Gasteiger partial charge is 0.474 e. The van der Waals surface area contributed by atoms with Crippen LogP contribution in [0.3, 0.4) is 0 Å². The molecule has 0 radical (unpaired) electrons. The third kappa shape index (κ3) is 6.92. The second-order valence-corrected chi connectivity index (χ2v) is 16.6. The van der Waals surface area contributed by atoms with E-state index in [2.05, 4.69) is 119 Å². The summed E-state index contributed by atoms with van der Waals surface area (Å²) in [7, 11) is 0. The molecule has 5 nitrogen and oxygen atoms in total. The minimum absolute atomic E-state index is 0.0418. The first-order valence-corrected chi connectivity index (χ1v) is 16.0. The lowest BCUT2D eigenvalue weighted by molar-refractivity contribution is 0.317. The quantitative estimate of drug-likeness (QED) is 0.303. The zero-order valence-electron chi connectivity index (χ0n) is 28.9. The van der Waals surface area contributed by atoms with E-state index in [0.717, 1.165) is 0 Å². The van der Waals surface area contributed by atoms with E-state index in [1.165, 1.54) is 33.4 Å². The van der Waals surface area contributed by atoms with Gasteiger partial charge in [-0.2, -0.15) is 0 Å². The first kappa shape index (κ1) is 31.9. The van der Waals surface area contributed by atoms with Gasteiger partial charge in [-0.15, -0.1) is 0 Å². The van der Waals surface area contributed by atoms with Crippen molar-refractivity contribution in [2.24, 2.45) is 9.98 Å². The molecular formula is C39H51N3O2. The highest BCUT2D eigenvalue weighted by Crippen LogP contribution is 2.36. The molecular weight excluding hydrogens is 542 g/mol. The van der Waals surface area contributed by atoms with Crippen molar-refractivity contribution in [2.75, 3.05) is 13.2 Å². The Morgan fingerprint density at radius 1 is 0.500 bits per heavy atom. The van der Waals surface area contributed by atoms with E-state index in [4.69, 9.17) is 24.4 Å². The topological polar surface area (TPSA) is 56.1 Å². The minimum atomic E-state index is -0.0737. The third-order valence-electron chi connectivity index (χ3n) is 8.63. The molecule has 0 saturated heterocycles. The molecule has 3 aromatic rings. The van der Waals surface area contributed by atoms with E-state index in [1.54, 1.807) is 0 Å². The summed E-state index contributed by atoms with van der Waals surface area (Å²) in [6.45, 7) is 28.1. The van der Waals surface area contributed by atoms with Gasteiger partial charge < -0.3 is 9.47 Å². The number of aromatic nitrogens is 1. The summed E-state index contributed by atoms with van der Waals surface area (Å²) in [6, 6.07) is 19.6. The molecule has 5 heteroatoms. The molecule has 1 aromatic heterocycles. The number of hydrogen-bond donors (Lipinski definition) is 0. The van der Waals surface area contributed by atoms with Crippen LogP contribution in [0.15, 0.2) is 64.6 Å². The number of nitrogens with zero attached hydrogens (tertiary/aromatic N) is 3. The summed E-state index contributed by atoms with van der Waals surface area (Å²) in [5.41, 5.74) is 9.21. The molecule has 2 atom stereocenters. The fourth-order valence-corrected chi connectivity index (χ4v) is 5.46. The maximum Gasteiger partial charge on any atom is 0.236 e. The zero-order valence-corrected chi connectivity index (χ0v) is 28.9. The molecule has 44 heavy (non-hydrogen) atoms. The van der Waals surface area contributed by atoms with E-state index < -0.39 is 0 Å². The summed E-state index contributed by atoms with van der Waals surface area (Å²) >= 11 is 0. The lowest BCUT2D eigenvalue weighted by Gasteiger charge is -2.26. The molecule has 0 unspecified atom stereocenters. The first-order chi connectivity index (χ1) is 20.3. The number of benzene rings is 2. The standard InChI is InChI=1S/C39H51N3O2/c1-36(2,3)26-16-24(17-27(20-26)37(4,5)6)32-22-43-34(41-32)30-14-13-15-31(40-30)35-42-33(23-44-35)25-18-28(38(7,8)9)21-29(19-25)39(10,11)12/h13-21,32-33H,22-23H2,1-12H3/t32-,33-/m0/s1. The predicted octanol–water partition coefficient (Wildman–Crippen LogP) is 9.31. The number of rotatable bonds is 4. The normalized spacial score (nSPS) is 19.4. The van der Waals surface area contributed by atoms with Gasteiger partial charge in [-0.1, -0.05) is 126 Å². The Morgan fingerprint density at radius 3 is 1.11 bits per heavy atom. The summed E-state index contributed by atoms with van der Waals surface area (Å²) in [5.74, 6) is 1.14. The second kappa shape index (κ2) is 11.2.